The molecular formula is C19H34O. The monoisotopic (exact) mass is 278 g/mol. The van der Waals surface area contributed by atoms with Crippen molar-refractivity contribution in [3.05, 3.63) is 0 Å². The summed E-state index contributed by atoms with van der Waals surface area (Å²) < 4.78 is 0. The highest BCUT2D eigenvalue weighted by molar-refractivity contribution is 5.86. The third kappa shape index (κ3) is 2.57. The molecule has 0 aliphatic heterocycles. The van der Waals surface area contributed by atoms with E-state index in [1.165, 1.54) is 32.1 Å². The number of rotatable bonds is 5. The fourth-order valence-corrected chi connectivity index (χ4v) is 5.23. The smallest absolute Gasteiger partial charge is 0.139 e. The molecule has 0 bridgehead atoms. The molecule has 0 aromatic heterocycles. The summed E-state index contributed by atoms with van der Waals surface area (Å²) in [4.78, 5) is 12.5. The molecule has 4 atom stereocenters. The fourth-order valence-electron chi connectivity index (χ4n) is 5.23. The van der Waals surface area contributed by atoms with E-state index in [9.17, 15) is 4.79 Å². The molecule has 2 aliphatic carbocycles. The van der Waals surface area contributed by atoms with Gasteiger partial charge >= 0.3 is 0 Å². The lowest BCUT2D eigenvalue weighted by Gasteiger charge is -2.48. The van der Waals surface area contributed by atoms with Gasteiger partial charge in [0.05, 0.1) is 0 Å². The summed E-state index contributed by atoms with van der Waals surface area (Å²) in [6.45, 7) is 11.8. The molecule has 0 saturated heterocycles. The average Bonchev–Trinajstić information content (AvgIpc) is 2.63. The van der Waals surface area contributed by atoms with Crippen molar-refractivity contribution in [2.24, 2.45) is 28.6 Å². The van der Waals surface area contributed by atoms with E-state index in [4.69, 9.17) is 0 Å². The van der Waals surface area contributed by atoms with E-state index in [1.807, 2.05) is 0 Å². The van der Waals surface area contributed by atoms with Gasteiger partial charge in [0.1, 0.15) is 5.78 Å². The van der Waals surface area contributed by atoms with Gasteiger partial charge < -0.3 is 0 Å². The van der Waals surface area contributed by atoms with E-state index >= 15 is 0 Å². The Kier molecular flexibility index (Phi) is 4.66. The van der Waals surface area contributed by atoms with E-state index in [-0.39, 0.29) is 10.8 Å². The summed E-state index contributed by atoms with van der Waals surface area (Å²) in [5, 5.41) is 0. The third-order valence-electron chi connectivity index (χ3n) is 6.88. The summed E-state index contributed by atoms with van der Waals surface area (Å²) in [7, 11) is 0. The van der Waals surface area contributed by atoms with Crippen LogP contribution in [0, 0.1) is 28.6 Å². The second-order valence-corrected chi connectivity index (χ2v) is 8.47. The second-order valence-electron chi connectivity index (χ2n) is 8.47. The summed E-state index contributed by atoms with van der Waals surface area (Å²) in [5.41, 5.74) is 0.266. The Hall–Kier alpha value is -0.330. The highest BCUT2D eigenvalue weighted by atomic mass is 16.1. The Labute approximate surface area is 125 Å². The van der Waals surface area contributed by atoms with Crippen LogP contribution in [0.25, 0.3) is 0 Å². The van der Waals surface area contributed by atoms with Crippen LogP contribution in [0.3, 0.4) is 0 Å². The Morgan fingerprint density at radius 1 is 1.15 bits per heavy atom. The lowest BCUT2D eigenvalue weighted by Crippen LogP contribution is -2.47. The molecule has 1 nitrogen and oxygen atoms in total. The Morgan fingerprint density at radius 3 is 2.50 bits per heavy atom. The predicted molar refractivity (Wildman–Crippen MR) is 85.6 cm³/mol. The molecule has 0 aromatic carbocycles. The van der Waals surface area contributed by atoms with Gasteiger partial charge in [0.2, 0.25) is 0 Å². The fraction of sp³-hybridized carbons (Fsp3) is 0.947. The van der Waals surface area contributed by atoms with Crippen LogP contribution in [0.2, 0.25) is 0 Å². The molecule has 0 N–H and O–H groups in total. The van der Waals surface area contributed by atoms with Gasteiger partial charge in [-0.3, -0.25) is 4.79 Å². The van der Waals surface area contributed by atoms with Crippen LogP contribution >= 0.6 is 0 Å². The van der Waals surface area contributed by atoms with Crippen molar-refractivity contribution < 1.29 is 4.79 Å². The second kappa shape index (κ2) is 5.81. The van der Waals surface area contributed by atoms with Gasteiger partial charge in [-0.05, 0) is 48.9 Å². The van der Waals surface area contributed by atoms with Crippen LogP contribution in [0.1, 0.15) is 86.0 Å². The van der Waals surface area contributed by atoms with Crippen molar-refractivity contribution in [2.45, 2.75) is 86.0 Å². The molecule has 0 spiro atoms. The number of fused-ring (bicyclic) bond motifs is 1. The number of carbonyl (C=O) groups excluding carboxylic acids is 1. The molecule has 0 amide bonds. The minimum atomic E-state index is -0.0117. The normalized spacial score (nSPS) is 39.1. The van der Waals surface area contributed by atoms with Gasteiger partial charge in [-0.15, -0.1) is 0 Å². The maximum absolute atomic E-state index is 12.5. The lowest BCUT2D eigenvalue weighted by atomic mass is 9.54. The zero-order valence-corrected chi connectivity index (χ0v) is 14.3. The van der Waals surface area contributed by atoms with E-state index in [1.54, 1.807) is 0 Å². The standard InChI is InChI=1S/C19H34O/c1-14(2)8-6-9-15(3)16-11-13-19(5)17(20)10-7-12-18(16,19)4/h14-16H,6-13H2,1-5H3/t15-,16-,18-,19+/m1/s1. The first kappa shape index (κ1) is 16.0. The van der Waals surface area contributed by atoms with Gasteiger partial charge in [0.25, 0.3) is 0 Å². The van der Waals surface area contributed by atoms with Crippen LogP contribution in [0.15, 0.2) is 0 Å². The van der Waals surface area contributed by atoms with Crippen molar-refractivity contribution in [1.82, 2.24) is 0 Å². The molecule has 20 heavy (non-hydrogen) atoms. The van der Waals surface area contributed by atoms with Crippen LogP contribution < -0.4 is 0 Å². The molecule has 2 aliphatic rings. The van der Waals surface area contributed by atoms with E-state index < -0.39 is 0 Å². The van der Waals surface area contributed by atoms with Crippen molar-refractivity contribution in [3.8, 4) is 0 Å². The minimum absolute atomic E-state index is 0.0117. The Bertz CT molecular complexity index is 359. The predicted octanol–water partition coefficient (Wildman–Crippen LogP) is 5.62. The SMILES string of the molecule is CC(C)CCC[C@@H](C)[C@H]1CC[C@@]2(C)C(=O)CCC[C@]12C. The molecule has 116 valence electrons. The zero-order valence-electron chi connectivity index (χ0n) is 14.3. The highest BCUT2D eigenvalue weighted by Gasteiger charge is 2.59. The van der Waals surface area contributed by atoms with Crippen molar-refractivity contribution in [2.75, 3.05) is 0 Å². The van der Waals surface area contributed by atoms with Gasteiger partial charge in [0, 0.05) is 11.8 Å². The molecule has 2 rings (SSSR count). The number of hydrogen-bond donors (Lipinski definition) is 0. The number of ketones is 1. The Balaban J connectivity index is 2.04. The maximum atomic E-state index is 12.5. The first-order valence-corrected chi connectivity index (χ1v) is 8.84. The van der Waals surface area contributed by atoms with Crippen molar-refractivity contribution in [1.29, 1.82) is 0 Å². The molecule has 1 heteroatoms. The summed E-state index contributed by atoms with van der Waals surface area (Å²) in [5.74, 6) is 2.93. The minimum Gasteiger partial charge on any atom is -0.299 e. The van der Waals surface area contributed by atoms with Crippen LogP contribution in [0.4, 0.5) is 0 Å². The van der Waals surface area contributed by atoms with Crippen molar-refractivity contribution in [3.63, 3.8) is 0 Å². The van der Waals surface area contributed by atoms with Gasteiger partial charge in [-0.25, -0.2) is 0 Å². The highest BCUT2D eigenvalue weighted by Crippen LogP contribution is 2.63. The topological polar surface area (TPSA) is 17.1 Å². The van der Waals surface area contributed by atoms with Crippen LogP contribution in [-0.4, -0.2) is 5.78 Å². The van der Waals surface area contributed by atoms with E-state index in [0.717, 1.165) is 37.0 Å². The van der Waals surface area contributed by atoms with Gasteiger partial charge in [-0.2, -0.15) is 0 Å². The maximum Gasteiger partial charge on any atom is 0.139 e. The molecule has 0 radical (unpaired) electrons. The number of Topliss-reactive ketones (excluding diaryl/α,β-unsaturated/α-hetero) is 1. The van der Waals surface area contributed by atoms with Crippen LogP contribution in [0.5, 0.6) is 0 Å². The zero-order chi connectivity index (χ0) is 15.0. The number of carbonyl (C=O) groups is 1. The quantitative estimate of drug-likeness (QED) is 0.637. The molecule has 2 fully saturated rings. The third-order valence-corrected chi connectivity index (χ3v) is 6.88. The molecule has 0 aromatic rings. The lowest BCUT2D eigenvalue weighted by molar-refractivity contribution is -0.140. The Morgan fingerprint density at radius 2 is 1.85 bits per heavy atom. The average molecular weight is 278 g/mol. The summed E-state index contributed by atoms with van der Waals surface area (Å²) in [6.07, 6.45) is 9.71. The summed E-state index contributed by atoms with van der Waals surface area (Å²) >= 11 is 0. The molecule has 2 saturated carbocycles. The van der Waals surface area contributed by atoms with Gasteiger partial charge in [-0.1, -0.05) is 53.9 Å². The van der Waals surface area contributed by atoms with Crippen LogP contribution in [-0.2, 0) is 4.79 Å². The first-order valence-electron chi connectivity index (χ1n) is 8.84. The molecule has 0 unspecified atom stereocenters. The molecule has 0 heterocycles. The first-order chi connectivity index (χ1) is 9.31. The van der Waals surface area contributed by atoms with Crippen molar-refractivity contribution >= 4 is 5.78 Å². The number of hydrogen-bond acceptors (Lipinski definition) is 1. The van der Waals surface area contributed by atoms with E-state index in [2.05, 4.69) is 34.6 Å². The largest absolute Gasteiger partial charge is 0.299 e. The van der Waals surface area contributed by atoms with E-state index in [0.29, 0.717) is 5.78 Å². The molecular weight excluding hydrogens is 244 g/mol. The van der Waals surface area contributed by atoms with Gasteiger partial charge in [0.15, 0.2) is 0 Å². The summed E-state index contributed by atoms with van der Waals surface area (Å²) in [6, 6.07) is 0.